The van der Waals surface area contributed by atoms with Crippen molar-refractivity contribution < 1.29 is 9.59 Å². The average Bonchev–Trinajstić information content (AvgIpc) is 3.00. The summed E-state index contributed by atoms with van der Waals surface area (Å²) in [4.78, 5) is 23.7. The highest BCUT2D eigenvalue weighted by Gasteiger charge is 2.13. The molecule has 0 aliphatic heterocycles. The first-order valence-electron chi connectivity index (χ1n) is 7.31. The van der Waals surface area contributed by atoms with Crippen LogP contribution in [0.25, 0.3) is 10.9 Å². The first-order valence-corrected chi connectivity index (χ1v) is 7.31. The Morgan fingerprint density at radius 3 is 2.35 bits per heavy atom. The third-order valence-corrected chi connectivity index (χ3v) is 3.43. The fourth-order valence-electron chi connectivity index (χ4n) is 2.21. The van der Waals surface area contributed by atoms with Crippen molar-refractivity contribution >= 4 is 34.1 Å². The normalized spacial score (nSPS) is 10.5. The lowest BCUT2D eigenvalue weighted by molar-refractivity contribution is -0.115. The Balaban J connectivity index is 1.74. The number of fused-ring (bicyclic) bond motifs is 1. The molecule has 2 aromatic carbocycles. The number of anilines is 2. The summed E-state index contributed by atoms with van der Waals surface area (Å²) in [6.45, 7) is 1.79. The van der Waals surface area contributed by atoms with Crippen molar-refractivity contribution in [3.63, 3.8) is 0 Å². The predicted octanol–water partition coefficient (Wildman–Crippen LogP) is 3.16. The standard InChI is InChI=1S/C17H16N4O2/c1-2-15(22)18-11-7-9-12(10-8-11)19-17(23)16-13-5-3-4-6-14(13)20-21-16/h3-10H,2H2,1H3,(H,18,22)(H,19,23)(H,20,21). The third kappa shape index (κ3) is 3.21. The summed E-state index contributed by atoms with van der Waals surface area (Å²) >= 11 is 0. The van der Waals surface area contributed by atoms with E-state index in [4.69, 9.17) is 0 Å². The maximum absolute atomic E-state index is 12.3. The minimum Gasteiger partial charge on any atom is -0.326 e. The maximum atomic E-state index is 12.3. The van der Waals surface area contributed by atoms with Crippen LogP contribution in [0.1, 0.15) is 23.8 Å². The highest BCUT2D eigenvalue weighted by molar-refractivity contribution is 6.11. The van der Waals surface area contributed by atoms with E-state index in [2.05, 4.69) is 20.8 Å². The lowest BCUT2D eigenvalue weighted by Crippen LogP contribution is -2.13. The van der Waals surface area contributed by atoms with Gasteiger partial charge in [-0.3, -0.25) is 14.7 Å². The number of hydrogen-bond donors (Lipinski definition) is 3. The molecule has 1 heterocycles. The smallest absolute Gasteiger partial charge is 0.276 e. The minimum absolute atomic E-state index is 0.0511. The number of amides is 2. The van der Waals surface area contributed by atoms with E-state index in [0.717, 1.165) is 10.9 Å². The number of aromatic amines is 1. The Kier molecular flexibility index (Phi) is 4.05. The highest BCUT2D eigenvalue weighted by Crippen LogP contribution is 2.18. The first kappa shape index (κ1) is 14.8. The van der Waals surface area contributed by atoms with E-state index >= 15 is 0 Å². The Morgan fingerprint density at radius 1 is 1.00 bits per heavy atom. The fraction of sp³-hybridized carbons (Fsp3) is 0.118. The molecule has 0 aliphatic rings. The number of nitrogens with zero attached hydrogens (tertiary/aromatic N) is 1. The first-order chi connectivity index (χ1) is 11.2. The van der Waals surface area contributed by atoms with Crippen LogP contribution in [-0.4, -0.2) is 22.0 Å². The quantitative estimate of drug-likeness (QED) is 0.692. The number of H-pyrrole nitrogens is 1. The molecule has 0 atom stereocenters. The average molecular weight is 308 g/mol. The molecule has 0 bridgehead atoms. The topological polar surface area (TPSA) is 86.9 Å². The van der Waals surface area contributed by atoms with Gasteiger partial charge in [0.1, 0.15) is 0 Å². The van der Waals surface area contributed by atoms with Crippen LogP contribution in [0.4, 0.5) is 11.4 Å². The summed E-state index contributed by atoms with van der Waals surface area (Å²) in [5.41, 5.74) is 2.50. The number of nitrogens with one attached hydrogen (secondary N) is 3. The largest absolute Gasteiger partial charge is 0.326 e. The second-order valence-corrected chi connectivity index (χ2v) is 5.05. The zero-order chi connectivity index (χ0) is 16.2. The molecular formula is C17H16N4O2. The van der Waals surface area contributed by atoms with E-state index in [9.17, 15) is 9.59 Å². The number of rotatable bonds is 4. The zero-order valence-corrected chi connectivity index (χ0v) is 12.6. The number of benzene rings is 2. The van der Waals surface area contributed by atoms with Crippen LogP contribution < -0.4 is 10.6 Å². The molecule has 0 unspecified atom stereocenters. The molecule has 3 rings (SSSR count). The van der Waals surface area contributed by atoms with E-state index in [1.54, 1.807) is 31.2 Å². The van der Waals surface area contributed by atoms with Crippen LogP contribution in [0.15, 0.2) is 48.5 Å². The van der Waals surface area contributed by atoms with E-state index in [0.29, 0.717) is 23.5 Å². The number of para-hydroxylation sites is 1. The van der Waals surface area contributed by atoms with Crippen molar-refractivity contribution in [1.29, 1.82) is 0 Å². The van der Waals surface area contributed by atoms with Crippen LogP contribution in [0.3, 0.4) is 0 Å². The lowest BCUT2D eigenvalue weighted by Gasteiger charge is -2.06. The van der Waals surface area contributed by atoms with Crippen molar-refractivity contribution in [2.45, 2.75) is 13.3 Å². The second-order valence-electron chi connectivity index (χ2n) is 5.05. The molecule has 6 nitrogen and oxygen atoms in total. The summed E-state index contributed by atoms with van der Waals surface area (Å²) in [5, 5.41) is 13.2. The van der Waals surface area contributed by atoms with Gasteiger partial charge in [0, 0.05) is 23.2 Å². The predicted molar refractivity (Wildman–Crippen MR) is 89.4 cm³/mol. The van der Waals surface area contributed by atoms with Gasteiger partial charge >= 0.3 is 0 Å². The number of hydrogen-bond acceptors (Lipinski definition) is 3. The van der Waals surface area contributed by atoms with Crippen LogP contribution in [0.5, 0.6) is 0 Å². The summed E-state index contributed by atoms with van der Waals surface area (Å²) in [7, 11) is 0. The highest BCUT2D eigenvalue weighted by atomic mass is 16.2. The van der Waals surface area contributed by atoms with Gasteiger partial charge in [-0.15, -0.1) is 0 Å². The Morgan fingerprint density at radius 2 is 1.65 bits per heavy atom. The Labute approximate surface area is 132 Å². The van der Waals surface area contributed by atoms with Crippen LogP contribution in [0, 0.1) is 0 Å². The van der Waals surface area contributed by atoms with Crippen molar-refractivity contribution in [2.24, 2.45) is 0 Å². The summed E-state index contributed by atoms with van der Waals surface area (Å²) in [6, 6.07) is 14.4. The minimum atomic E-state index is -0.284. The third-order valence-electron chi connectivity index (χ3n) is 3.43. The van der Waals surface area contributed by atoms with Crippen molar-refractivity contribution in [3.8, 4) is 0 Å². The number of aromatic nitrogens is 2. The van der Waals surface area contributed by atoms with Crippen LogP contribution in [-0.2, 0) is 4.79 Å². The molecule has 23 heavy (non-hydrogen) atoms. The number of carbonyl (C=O) groups excluding carboxylic acids is 2. The number of carbonyl (C=O) groups is 2. The molecule has 0 spiro atoms. The monoisotopic (exact) mass is 308 g/mol. The van der Waals surface area contributed by atoms with Crippen LogP contribution >= 0.6 is 0 Å². The molecule has 0 aliphatic carbocycles. The Hall–Kier alpha value is -3.15. The summed E-state index contributed by atoms with van der Waals surface area (Å²) < 4.78 is 0. The van der Waals surface area contributed by atoms with Gasteiger partial charge in [0.25, 0.3) is 5.91 Å². The van der Waals surface area contributed by atoms with Gasteiger partial charge in [-0.1, -0.05) is 25.1 Å². The van der Waals surface area contributed by atoms with E-state index < -0.39 is 0 Å². The van der Waals surface area contributed by atoms with Gasteiger partial charge in [-0.05, 0) is 30.3 Å². The molecule has 3 N–H and O–H groups in total. The molecule has 0 saturated carbocycles. The van der Waals surface area contributed by atoms with Crippen molar-refractivity contribution in [1.82, 2.24) is 10.2 Å². The molecular weight excluding hydrogens is 292 g/mol. The van der Waals surface area contributed by atoms with Gasteiger partial charge < -0.3 is 10.6 Å². The molecule has 0 radical (unpaired) electrons. The molecule has 0 saturated heterocycles. The van der Waals surface area contributed by atoms with Gasteiger partial charge in [0.05, 0.1) is 5.52 Å². The van der Waals surface area contributed by atoms with E-state index in [-0.39, 0.29) is 11.8 Å². The Bertz CT molecular complexity index is 852. The molecule has 3 aromatic rings. The molecule has 6 heteroatoms. The fourth-order valence-corrected chi connectivity index (χ4v) is 2.21. The zero-order valence-electron chi connectivity index (χ0n) is 12.6. The molecule has 0 fully saturated rings. The van der Waals surface area contributed by atoms with Crippen molar-refractivity contribution in [3.05, 3.63) is 54.2 Å². The van der Waals surface area contributed by atoms with Crippen molar-refractivity contribution in [2.75, 3.05) is 10.6 Å². The molecule has 2 amide bonds. The van der Waals surface area contributed by atoms with E-state index in [1.165, 1.54) is 0 Å². The SMILES string of the molecule is CCC(=O)Nc1ccc(NC(=O)c2n[nH]c3ccccc23)cc1. The van der Waals surface area contributed by atoms with Gasteiger partial charge in [0.2, 0.25) is 5.91 Å². The molecule has 116 valence electrons. The second kappa shape index (κ2) is 6.31. The van der Waals surface area contributed by atoms with Gasteiger partial charge in [-0.25, -0.2) is 0 Å². The summed E-state index contributed by atoms with van der Waals surface area (Å²) in [6.07, 6.45) is 0.421. The molecule has 1 aromatic heterocycles. The van der Waals surface area contributed by atoms with E-state index in [1.807, 2.05) is 24.3 Å². The maximum Gasteiger partial charge on any atom is 0.276 e. The van der Waals surface area contributed by atoms with Gasteiger partial charge in [-0.2, -0.15) is 5.10 Å². The summed E-state index contributed by atoms with van der Waals surface area (Å²) in [5.74, 6) is -0.336. The van der Waals surface area contributed by atoms with Gasteiger partial charge in [0.15, 0.2) is 5.69 Å². The lowest BCUT2D eigenvalue weighted by atomic mass is 10.2. The van der Waals surface area contributed by atoms with Crippen LogP contribution in [0.2, 0.25) is 0 Å².